The van der Waals surface area contributed by atoms with E-state index in [1.54, 1.807) is 0 Å². The van der Waals surface area contributed by atoms with Crippen molar-refractivity contribution in [3.63, 3.8) is 0 Å². The number of hydrazone groups is 1. The van der Waals surface area contributed by atoms with E-state index in [0.29, 0.717) is 6.67 Å². The van der Waals surface area contributed by atoms with Crippen molar-refractivity contribution in [1.82, 2.24) is 9.73 Å². The van der Waals surface area contributed by atoms with E-state index in [1.807, 2.05) is 0 Å². The fourth-order valence-electron chi connectivity index (χ4n) is 0.449. The molecule has 0 atom stereocenters. The topological polar surface area (TPSA) is 18.8 Å². The Kier molecular flexibility index (Phi) is 1.23. The van der Waals surface area contributed by atoms with Gasteiger partial charge in [0.25, 0.3) is 7.98 Å². The molecule has 34 valence electrons. The summed E-state index contributed by atoms with van der Waals surface area (Å²) in [7, 11) is 15.6. The zero-order chi connectivity index (χ0) is 6.15. The van der Waals surface area contributed by atoms with Crippen LogP contribution in [-0.4, -0.2) is 45.9 Å². The first-order chi connectivity index (χ1) is 3.70. The lowest BCUT2D eigenvalue weighted by Crippen LogP contribution is -2.27. The molecule has 0 aromatic heterocycles. The SMILES string of the molecule is [B]C1=NN([B])CN1[B]. The van der Waals surface area contributed by atoms with Crippen LogP contribution in [0, 0.1) is 0 Å². The second-order valence-electron chi connectivity index (χ2n) is 1.51. The third kappa shape index (κ3) is 0.829. The highest BCUT2D eigenvalue weighted by Crippen LogP contribution is 1.96. The van der Waals surface area contributed by atoms with E-state index in [4.69, 9.17) is 23.8 Å². The van der Waals surface area contributed by atoms with Gasteiger partial charge in [-0.1, -0.05) is 0 Å². The van der Waals surface area contributed by atoms with Gasteiger partial charge < -0.3 is 9.73 Å². The van der Waals surface area contributed by atoms with Gasteiger partial charge in [0.05, 0.1) is 12.4 Å². The molecule has 0 N–H and O–H groups in total. The second-order valence-corrected chi connectivity index (χ2v) is 1.51. The number of rotatable bonds is 0. The van der Waals surface area contributed by atoms with Gasteiger partial charge in [-0.05, 0) is 0 Å². The van der Waals surface area contributed by atoms with E-state index >= 15 is 0 Å². The quantitative estimate of drug-likeness (QED) is 0.334. The number of hydrogen-bond acceptors (Lipinski definition) is 3. The minimum atomic E-state index is 0.243. The van der Waals surface area contributed by atoms with E-state index in [1.165, 1.54) is 4.81 Å². The Morgan fingerprint density at radius 2 is 2.12 bits per heavy atom. The van der Waals surface area contributed by atoms with Crippen molar-refractivity contribution in [2.45, 2.75) is 0 Å². The van der Waals surface area contributed by atoms with Crippen molar-refractivity contribution in [2.75, 3.05) is 6.67 Å². The van der Waals surface area contributed by atoms with Crippen LogP contribution in [0.1, 0.15) is 0 Å². The minimum absolute atomic E-state index is 0.243. The third-order valence-corrected chi connectivity index (χ3v) is 0.822. The maximum Gasteiger partial charge on any atom is 0.259 e. The molecule has 0 fully saturated rings. The normalized spacial score (nSPS) is 19.2. The van der Waals surface area contributed by atoms with Crippen molar-refractivity contribution in [2.24, 2.45) is 5.10 Å². The maximum atomic E-state index is 5.22. The monoisotopic (exact) mass is 101 g/mol. The molecule has 0 aliphatic carbocycles. The predicted octanol–water partition coefficient (Wildman–Crippen LogP) is -1.83. The van der Waals surface area contributed by atoms with Crippen molar-refractivity contribution in [3.8, 4) is 0 Å². The predicted molar refractivity (Wildman–Crippen MR) is 33.2 cm³/mol. The van der Waals surface area contributed by atoms with Crippen LogP contribution in [0.15, 0.2) is 5.10 Å². The van der Waals surface area contributed by atoms with Gasteiger partial charge in [0.2, 0.25) is 7.98 Å². The van der Waals surface area contributed by atoms with Crippen molar-refractivity contribution in [1.29, 1.82) is 0 Å². The second kappa shape index (κ2) is 1.76. The van der Waals surface area contributed by atoms with Crippen LogP contribution in [-0.2, 0) is 0 Å². The number of hydrogen-bond donors (Lipinski definition) is 0. The van der Waals surface area contributed by atoms with Crippen LogP contribution >= 0.6 is 0 Å². The summed E-state index contributed by atoms with van der Waals surface area (Å²) in [6.07, 6.45) is 0. The van der Waals surface area contributed by atoms with Gasteiger partial charge in [-0.25, -0.2) is 0 Å². The molecule has 1 rings (SSSR count). The Hall–Kier alpha value is -0.535. The van der Waals surface area contributed by atoms with E-state index in [2.05, 4.69) is 5.10 Å². The highest BCUT2D eigenvalue weighted by Gasteiger charge is 2.08. The average molecular weight is 100 g/mol. The third-order valence-electron chi connectivity index (χ3n) is 0.822. The van der Waals surface area contributed by atoms with Gasteiger partial charge in [0.1, 0.15) is 0 Å². The van der Waals surface area contributed by atoms with Gasteiger partial charge in [0, 0.05) is 0 Å². The van der Waals surface area contributed by atoms with Gasteiger partial charge in [-0.2, -0.15) is 5.10 Å². The van der Waals surface area contributed by atoms with Gasteiger partial charge in [-0.15, -0.1) is 0 Å². The summed E-state index contributed by atoms with van der Waals surface area (Å²) >= 11 is 0. The Bertz CT molecular complexity index is 124. The van der Waals surface area contributed by atoms with E-state index in [-0.39, 0.29) is 5.73 Å². The van der Waals surface area contributed by atoms with Crippen LogP contribution in [0.3, 0.4) is 0 Å². The molecule has 0 saturated heterocycles. The maximum absolute atomic E-state index is 5.22. The van der Waals surface area contributed by atoms with E-state index in [0.717, 1.165) is 4.92 Å². The van der Waals surface area contributed by atoms with E-state index < -0.39 is 0 Å². The number of nitrogens with zero attached hydrogens (tertiary/aromatic N) is 3. The Morgan fingerprint density at radius 3 is 2.25 bits per heavy atom. The molecule has 1 heterocycles. The molecular weight excluding hydrogens is 98.5 g/mol. The fraction of sp³-hybridized carbons (Fsp3) is 0.500. The summed E-state index contributed by atoms with van der Waals surface area (Å²) in [5.41, 5.74) is 0.243. The highest BCUT2D eigenvalue weighted by atomic mass is 15.5. The molecule has 6 radical (unpaired) electrons. The lowest BCUT2D eigenvalue weighted by molar-refractivity contribution is 0.450. The molecule has 3 nitrogen and oxygen atoms in total. The minimum Gasteiger partial charge on any atom is -0.405 e. The van der Waals surface area contributed by atoms with Crippen LogP contribution in [0.25, 0.3) is 0 Å². The molecule has 0 saturated carbocycles. The largest absolute Gasteiger partial charge is 0.405 e. The molecule has 1 aliphatic rings. The smallest absolute Gasteiger partial charge is 0.259 e. The average Bonchev–Trinajstić information content (AvgIpc) is 1.85. The van der Waals surface area contributed by atoms with Crippen LogP contribution < -0.4 is 0 Å². The molecular formula is C2H2B3N3. The molecule has 1 aliphatic heterocycles. The highest BCUT2D eigenvalue weighted by molar-refractivity contribution is 6.61. The zero-order valence-electron chi connectivity index (χ0n) is 4.28. The van der Waals surface area contributed by atoms with Crippen LogP contribution in [0.4, 0.5) is 0 Å². The van der Waals surface area contributed by atoms with Crippen molar-refractivity contribution < 1.29 is 0 Å². The van der Waals surface area contributed by atoms with Crippen molar-refractivity contribution in [3.05, 3.63) is 0 Å². The molecule has 6 heteroatoms. The first-order valence-corrected chi connectivity index (χ1v) is 2.08. The molecule has 0 bridgehead atoms. The van der Waals surface area contributed by atoms with Gasteiger partial charge in [-0.3, -0.25) is 0 Å². The van der Waals surface area contributed by atoms with Crippen LogP contribution in [0.5, 0.6) is 0 Å². The zero-order valence-corrected chi connectivity index (χ0v) is 4.28. The summed E-state index contributed by atoms with van der Waals surface area (Å²) in [5.74, 6) is 0. The Balaban J connectivity index is 2.59. The van der Waals surface area contributed by atoms with Gasteiger partial charge in [0.15, 0.2) is 7.85 Å². The summed E-state index contributed by atoms with van der Waals surface area (Å²) in [6, 6.07) is 0. The molecule has 0 amide bonds. The van der Waals surface area contributed by atoms with E-state index in [9.17, 15) is 0 Å². The first-order valence-electron chi connectivity index (χ1n) is 2.08. The summed E-state index contributed by atoms with van der Waals surface area (Å²) in [5, 5.41) is 3.58. The summed E-state index contributed by atoms with van der Waals surface area (Å²) in [6.45, 7) is 0.353. The molecule has 0 unspecified atom stereocenters. The fourth-order valence-corrected chi connectivity index (χ4v) is 0.449. The lowest BCUT2D eigenvalue weighted by Gasteiger charge is -2.11. The Labute approximate surface area is 52.0 Å². The summed E-state index contributed by atoms with van der Waals surface area (Å²) < 4.78 is 0. The Morgan fingerprint density at radius 1 is 1.50 bits per heavy atom. The standard InChI is InChI=1S/C2H2B3N3/c3-2-6-8(5)1-7(2)4/h1H2. The first kappa shape index (κ1) is 5.60. The van der Waals surface area contributed by atoms with Crippen LogP contribution in [0.2, 0.25) is 0 Å². The molecule has 0 aromatic carbocycles. The molecule has 8 heavy (non-hydrogen) atoms. The molecule has 0 spiro atoms. The lowest BCUT2D eigenvalue weighted by atomic mass is 10.1. The van der Waals surface area contributed by atoms with Gasteiger partial charge >= 0.3 is 0 Å². The molecule has 0 aromatic rings. The number of amidine groups is 1. The summed E-state index contributed by atoms with van der Waals surface area (Å²) in [4.78, 5) is 2.41. The van der Waals surface area contributed by atoms with Crippen molar-refractivity contribution >= 4 is 29.5 Å².